The van der Waals surface area contributed by atoms with Crippen LogP contribution in [0.3, 0.4) is 0 Å². The molecular formula is C10H7N3O5. The SMILES string of the molecule is O=C(O)Cc1cc([N+](=O)[O-])cc2c(=O)[nH]cnc12. The summed E-state index contributed by atoms with van der Waals surface area (Å²) in [4.78, 5) is 38.4. The summed E-state index contributed by atoms with van der Waals surface area (Å²) in [6.45, 7) is 0. The van der Waals surface area contributed by atoms with Crippen LogP contribution in [0.25, 0.3) is 10.9 Å². The fourth-order valence-electron chi connectivity index (χ4n) is 1.64. The zero-order chi connectivity index (χ0) is 13.3. The molecule has 0 spiro atoms. The molecule has 8 nitrogen and oxygen atoms in total. The van der Waals surface area contributed by atoms with Gasteiger partial charge in [-0.2, -0.15) is 0 Å². The van der Waals surface area contributed by atoms with E-state index >= 15 is 0 Å². The molecule has 0 fully saturated rings. The molecule has 0 saturated heterocycles. The maximum atomic E-state index is 11.5. The summed E-state index contributed by atoms with van der Waals surface area (Å²) in [6, 6.07) is 2.19. The second-order valence-corrected chi connectivity index (χ2v) is 3.56. The molecule has 2 rings (SSSR count). The number of benzene rings is 1. The van der Waals surface area contributed by atoms with E-state index in [9.17, 15) is 19.7 Å². The Kier molecular flexibility index (Phi) is 2.76. The highest BCUT2D eigenvalue weighted by atomic mass is 16.6. The van der Waals surface area contributed by atoms with Crippen molar-refractivity contribution in [2.45, 2.75) is 6.42 Å². The molecule has 0 unspecified atom stereocenters. The molecule has 0 aliphatic heterocycles. The minimum absolute atomic E-state index is 0.00273. The number of aromatic amines is 1. The topological polar surface area (TPSA) is 126 Å². The molecule has 2 N–H and O–H groups in total. The van der Waals surface area contributed by atoms with Crippen molar-refractivity contribution in [1.29, 1.82) is 0 Å². The number of rotatable bonds is 3. The molecule has 0 atom stereocenters. The van der Waals surface area contributed by atoms with E-state index < -0.39 is 22.9 Å². The number of nitro benzene ring substituents is 1. The first kappa shape index (κ1) is 11.7. The number of carboxylic acids is 1. The summed E-state index contributed by atoms with van der Waals surface area (Å²) in [5.74, 6) is -1.15. The van der Waals surface area contributed by atoms with Crippen LogP contribution >= 0.6 is 0 Å². The Labute approximate surface area is 99.1 Å². The Morgan fingerprint density at radius 2 is 2.22 bits per heavy atom. The average molecular weight is 249 g/mol. The van der Waals surface area contributed by atoms with Gasteiger partial charge in [-0.1, -0.05) is 0 Å². The van der Waals surface area contributed by atoms with Crippen molar-refractivity contribution < 1.29 is 14.8 Å². The quantitative estimate of drug-likeness (QED) is 0.601. The predicted octanol–water partition coefficient (Wildman–Crippen LogP) is 0.458. The summed E-state index contributed by atoms with van der Waals surface area (Å²) in [7, 11) is 0. The second-order valence-electron chi connectivity index (χ2n) is 3.56. The largest absolute Gasteiger partial charge is 0.481 e. The van der Waals surface area contributed by atoms with Crippen molar-refractivity contribution in [2.75, 3.05) is 0 Å². The van der Waals surface area contributed by atoms with Crippen LogP contribution in [-0.2, 0) is 11.2 Å². The first-order valence-corrected chi connectivity index (χ1v) is 4.85. The molecule has 0 radical (unpaired) electrons. The zero-order valence-electron chi connectivity index (χ0n) is 8.91. The van der Waals surface area contributed by atoms with E-state index in [2.05, 4.69) is 9.97 Å². The molecule has 0 aliphatic carbocycles. The maximum Gasteiger partial charge on any atom is 0.307 e. The van der Waals surface area contributed by atoms with Crippen molar-refractivity contribution in [3.63, 3.8) is 0 Å². The van der Waals surface area contributed by atoms with Gasteiger partial charge in [0.1, 0.15) is 0 Å². The van der Waals surface area contributed by atoms with E-state index in [-0.39, 0.29) is 22.2 Å². The normalized spacial score (nSPS) is 10.4. The van der Waals surface area contributed by atoms with Gasteiger partial charge in [0.2, 0.25) is 0 Å². The molecule has 0 bridgehead atoms. The van der Waals surface area contributed by atoms with E-state index in [1.54, 1.807) is 0 Å². The fourth-order valence-corrected chi connectivity index (χ4v) is 1.64. The predicted molar refractivity (Wildman–Crippen MR) is 60.4 cm³/mol. The van der Waals surface area contributed by atoms with E-state index in [0.717, 1.165) is 18.5 Å². The van der Waals surface area contributed by atoms with Crippen molar-refractivity contribution in [3.8, 4) is 0 Å². The second kappa shape index (κ2) is 4.24. The lowest BCUT2D eigenvalue weighted by atomic mass is 10.1. The molecule has 2 aromatic rings. The molecule has 1 heterocycles. The van der Waals surface area contributed by atoms with Crippen molar-refractivity contribution in [3.05, 3.63) is 44.5 Å². The van der Waals surface area contributed by atoms with Gasteiger partial charge < -0.3 is 10.1 Å². The van der Waals surface area contributed by atoms with Crippen LogP contribution in [0, 0.1) is 10.1 Å². The molecule has 1 aromatic heterocycles. The van der Waals surface area contributed by atoms with Gasteiger partial charge in [0.15, 0.2) is 0 Å². The van der Waals surface area contributed by atoms with E-state index in [4.69, 9.17) is 5.11 Å². The minimum atomic E-state index is -1.15. The summed E-state index contributed by atoms with van der Waals surface area (Å²) in [5.41, 5.74) is -0.586. The van der Waals surface area contributed by atoms with E-state index in [0.29, 0.717) is 0 Å². The number of H-pyrrole nitrogens is 1. The van der Waals surface area contributed by atoms with Crippen LogP contribution in [0.1, 0.15) is 5.56 Å². The third-order valence-electron chi connectivity index (χ3n) is 2.36. The third-order valence-corrected chi connectivity index (χ3v) is 2.36. The Morgan fingerprint density at radius 3 is 2.83 bits per heavy atom. The van der Waals surface area contributed by atoms with Gasteiger partial charge in [-0.05, 0) is 5.56 Å². The van der Waals surface area contributed by atoms with Crippen LogP contribution in [-0.4, -0.2) is 26.0 Å². The van der Waals surface area contributed by atoms with Crippen molar-refractivity contribution in [2.24, 2.45) is 0 Å². The number of non-ortho nitro benzene ring substituents is 1. The van der Waals surface area contributed by atoms with Crippen LogP contribution in [0.5, 0.6) is 0 Å². The van der Waals surface area contributed by atoms with Crippen LogP contribution in [0.4, 0.5) is 5.69 Å². The Morgan fingerprint density at radius 1 is 1.50 bits per heavy atom. The number of hydrogen-bond acceptors (Lipinski definition) is 5. The number of fused-ring (bicyclic) bond motifs is 1. The summed E-state index contributed by atoms with van der Waals surface area (Å²) in [5, 5.41) is 19.5. The van der Waals surface area contributed by atoms with Crippen LogP contribution in [0.2, 0.25) is 0 Å². The highest BCUT2D eigenvalue weighted by Gasteiger charge is 2.16. The lowest BCUT2D eigenvalue weighted by Crippen LogP contribution is -2.10. The first-order valence-electron chi connectivity index (χ1n) is 4.85. The number of hydrogen-bond donors (Lipinski definition) is 2. The van der Waals surface area contributed by atoms with Crippen molar-refractivity contribution >= 4 is 22.6 Å². The van der Waals surface area contributed by atoms with E-state index in [1.165, 1.54) is 0 Å². The number of nitrogens with zero attached hydrogens (tertiary/aromatic N) is 2. The molecule has 18 heavy (non-hydrogen) atoms. The molecule has 8 heteroatoms. The van der Waals surface area contributed by atoms with Gasteiger partial charge in [-0.15, -0.1) is 0 Å². The van der Waals surface area contributed by atoms with Gasteiger partial charge >= 0.3 is 5.97 Å². The molecule has 0 saturated carbocycles. The number of carbonyl (C=O) groups is 1. The van der Waals surface area contributed by atoms with Crippen LogP contribution in [0.15, 0.2) is 23.3 Å². The monoisotopic (exact) mass is 249 g/mol. The number of carboxylic acid groups (broad SMARTS) is 1. The highest BCUT2D eigenvalue weighted by Crippen LogP contribution is 2.21. The molecular weight excluding hydrogens is 242 g/mol. The highest BCUT2D eigenvalue weighted by molar-refractivity contribution is 5.86. The molecule has 0 amide bonds. The standard InChI is InChI=1S/C10H7N3O5/c14-8(15)2-5-1-6(13(17)18)3-7-9(5)11-4-12-10(7)16/h1,3-4H,2H2,(H,14,15)(H,11,12,16). The molecule has 0 aliphatic rings. The smallest absolute Gasteiger partial charge is 0.307 e. The fraction of sp³-hybridized carbons (Fsp3) is 0.100. The number of nitro groups is 1. The van der Waals surface area contributed by atoms with Crippen molar-refractivity contribution in [1.82, 2.24) is 9.97 Å². The van der Waals surface area contributed by atoms with Crippen LogP contribution < -0.4 is 5.56 Å². The Balaban J connectivity index is 2.81. The Hall–Kier alpha value is -2.77. The number of nitrogens with one attached hydrogen (secondary N) is 1. The molecule has 1 aromatic carbocycles. The van der Waals surface area contributed by atoms with Gasteiger partial charge in [0, 0.05) is 12.1 Å². The maximum absolute atomic E-state index is 11.5. The lowest BCUT2D eigenvalue weighted by molar-refractivity contribution is -0.384. The number of aliphatic carboxylic acids is 1. The number of aromatic nitrogens is 2. The van der Waals surface area contributed by atoms with E-state index in [1.807, 2.05) is 0 Å². The zero-order valence-corrected chi connectivity index (χ0v) is 8.91. The average Bonchev–Trinajstić information content (AvgIpc) is 2.29. The summed E-state index contributed by atoms with van der Waals surface area (Å²) >= 11 is 0. The molecule has 92 valence electrons. The first-order chi connectivity index (χ1) is 8.49. The lowest BCUT2D eigenvalue weighted by Gasteiger charge is -2.02. The van der Waals surface area contributed by atoms with Gasteiger partial charge in [0.05, 0.1) is 28.6 Å². The Bertz CT molecular complexity index is 706. The van der Waals surface area contributed by atoms with Gasteiger partial charge in [-0.25, -0.2) is 4.98 Å². The summed E-state index contributed by atoms with van der Waals surface area (Å²) < 4.78 is 0. The third kappa shape index (κ3) is 2.03. The van der Waals surface area contributed by atoms with Gasteiger partial charge in [0.25, 0.3) is 11.2 Å². The summed E-state index contributed by atoms with van der Waals surface area (Å²) in [6.07, 6.45) is 0.691. The minimum Gasteiger partial charge on any atom is -0.481 e. The van der Waals surface area contributed by atoms with Gasteiger partial charge in [-0.3, -0.25) is 19.7 Å².